The lowest BCUT2D eigenvalue weighted by Gasteiger charge is -2.38. The molecule has 0 heterocycles. The SMILES string of the molecule is CC(C)S(=O)(=O)CCCCCCCc1ccc(N(CCO[Si](C)(C)C(C)(C)C)CCO[Si](C)(C)C(C)(C)C)cc1.CC(C)S(=O)(=O)CCCCCCCc1ccc(Nc2ccccc2)cc1. The third-order valence-corrected chi connectivity index (χ3v) is 27.5. The zero-order chi connectivity index (χ0) is 49.7. The molecule has 0 atom stereocenters. The number of unbranched alkanes of at least 4 members (excludes halogenated alkanes) is 8. The van der Waals surface area contributed by atoms with E-state index in [2.05, 4.69) is 139 Å². The second-order valence-electron chi connectivity index (χ2n) is 21.9. The molecule has 1 N–H and O–H groups in total. The molecule has 0 saturated heterocycles. The zero-order valence-corrected chi connectivity index (χ0v) is 47.7. The standard InChI is InChI=1S/C32H63NO4SSi2.C22H31NO2S/c1-28(2)38(34,35)27-17-15-13-14-16-18-29-19-21-30(22-20-29)33(23-25-36-39(9,10)31(3,4)5)24-26-37-40(11,12)32(6,7)8;1-19(2)26(24,25)18-10-5-3-4-7-11-20-14-16-22(17-15-20)23-21-12-8-6-9-13-21/h19-22,28H,13-18,23-27H2,1-12H3;6,8-9,12-17,19,23H,3-5,7,10-11,18H2,1-2H3. The number of rotatable bonds is 29. The van der Waals surface area contributed by atoms with Gasteiger partial charge in [-0.05, 0) is 150 Å². The number of aryl methyl sites for hydroxylation is 2. The molecule has 0 aliphatic carbocycles. The van der Waals surface area contributed by atoms with E-state index in [1.807, 2.05) is 18.2 Å². The second kappa shape index (κ2) is 28.2. The summed E-state index contributed by atoms with van der Waals surface area (Å²) in [5.41, 5.74) is 6.14. The minimum atomic E-state index is -2.90. The van der Waals surface area contributed by atoms with Crippen LogP contribution in [0.1, 0.15) is 145 Å². The Morgan fingerprint density at radius 2 is 0.848 bits per heavy atom. The number of para-hydroxylation sites is 1. The summed E-state index contributed by atoms with van der Waals surface area (Å²) in [5, 5.41) is 3.29. The Morgan fingerprint density at radius 1 is 0.500 bits per heavy atom. The number of anilines is 3. The Labute approximate surface area is 407 Å². The van der Waals surface area contributed by atoms with Gasteiger partial charge in [-0.2, -0.15) is 0 Å². The molecule has 12 heteroatoms. The van der Waals surface area contributed by atoms with Gasteiger partial charge in [-0.3, -0.25) is 0 Å². The van der Waals surface area contributed by atoms with Crippen molar-refractivity contribution in [3.05, 3.63) is 90.0 Å². The maximum atomic E-state index is 11.9. The molecule has 0 aliphatic rings. The van der Waals surface area contributed by atoms with Crippen LogP contribution in [0.25, 0.3) is 0 Å². The Balaban J connectivity index is 0.000000494. The van der Waals surface area contributed by atoms with E-state index in [9.17, 15) is 16.8 Å². The van der Waals surface area contributed by atoms with E-state index in [0.29, 0.717) is 11.5 Å². The highest BCUT2D eigenvalue weighted by molar-refractivity contribution is 7.92. The van der Waals surface area contributed by atoms with Crippen molar-refractivity contribution in [2.24, 2.45) is 0 Å². The van der Waals surface area contributed by atoms with E-state index < -0.39 is 36.3 Å². The molecule has 0 saturated carbocycles. The fraction of sp³-hybridized carbons (Fsp3) is 0.667. The molecule has 3 aromatic carbocycles. The van der Waals surface area contributed by atoms with E-state index in [0.717, 1.165) is 115 Å². The third kappa shape index (κ3) is 22.7. The molecular weight excluding hydrogens is 893 g/mol. The van der Waals surface area contributed by atoms with Gasteiger partial charge in [0.25, 0.3) is 0 Å². The average molecular weight is 988 g/mol. The molecule has 0 fully saturated rings. The summed E-state index contributed by atoms with van der Waals surface area (Å²) in [6, 6.07) is 27.8. The van der Waals surface area contributed by atoms with Gasteiger partial charge >= 0.3 is 0 Å². The minimum absolute atomic E-state index is 0.205. The summed E-state index contributed by atoms with van der Waals surface area (Å²) < 4.78 is 60.4. The quantitative estimate of drug-likeness (QED) is 0.0542. The summed E-state index contributed by atoms with van der Waals surface area (Å²) in [6.07, 6.45) is 12.5. The molecule has 376 valence electrons. The van der Waals surface area contributed by atoms with Gasteiger partial charge in [0.05, 0.1) is 35.2 Å². The molecule has 0 unspecified atom stereocenters. The Morgan fingerprint density at radius 3 is 1.23 bits per heavy atom. The van der Waals surface area contributed by atoms with Crippen LogP contribution in [0.3, 0.4) is 0 Å². The van der Waals surface area contributed by atoms with Crippen molar-refractivity contribution in [3.8, 4) is 0 Å². The zero-order valence-electron chi connectivity index (χ0n) is 44.1. The van der Waals surface area contributed by atoms with Gasteiger partial charge in [-0.15, -0.1) is 0 Å². The van der Waals surface area contributed by atoms with Gasteiger partial charge in [-0.1, -0.05) is 123 Å². The fourth-order valence-electron chi connectivity index (χ4n) is 6.74. The van der Waals surface area contributed by atoms with Crippen LogP contribution in [0.4, 0.5) is 17.1 Å². The van der Waals surface area contributed by atoms with Crippen LogP contribution in [0.15, 0.2) is 78.9 Å². The molecule has 3 aromatic rings. The van der Waals surface area contributed by atoms with Gasteiger partial charge in [-0.25, -0.2) is 16.8 Å². The van der Waals surface area contributed by atoms with E-state index in [-0.39, 0.29) is 20.6 Å². The van der Waals surface area contributed by atoms with Gasteiger partial charge in [0.2, 0.25) is 0 Å². The van der Waals surface area contributed by atoms with Crippen molar-refractivity contribution in [2.45, 2.75) is 193 Å². The topological polar surface area (TPSA) is 102 Å². The molecule has 66 heavy (non-hydrogen) atoms. The molecule has 8 nitrogen and oxygen atoms in total. The van der Waals surface area contributed by atoms with Crippen LogP contribution in [-0.2, 0) is 41.4 Å². The number of benzene rings is 3. The summed E-state index contributed by atoms with van der Waals surface area (Å²) in [7, 11) is -9.35. The molecule has 0 radical (unpaired) electrons. The molecule has 0 amide bonds. The largest absolute Gasteiger partial charge is 0.415 e. The monoisotopic (exact) mass is 987 g/mol. The first-order valence-corrected chi connectivity index (χ1v) is 34.4. The van der Waals surface area contributed by atoms with Gasteiger partial charge in [0.15, 0.2) is 36.3 Å². The molecule has 0 aromatic heterocycles. The first kappa shape index (κ1) is 59.6. The van der Waals surface area contributed by atoms with Crippen LogP contribution in [0, 0.1) is 0 Å². The van der Waals surface area contributed by atoms with E-state index in [1.54, 1.807) is 27.7 Å². The van der Waals surface area contributed by atoms with E-state index in [1.165, 1.54) is 16.8 Å². The fourth-order valence-corrected chi connectivity index (χ4v) is 11.0. The lowest BCUT2D eigenvalue weighted by molar-refractivity contribution is 0.276. The van der Waals surface area contributed by atoms with E-state index >= 15 is 0 Å². The normalized spacial score (nSPS) is 12.9. The molecule has 3 rings (SSSR count). The van der Waals surface area contributed by atoms with Crippen molar-refractivity contribution in [3.63, 3.8) is 0 Å². The van der Waals surface area contributed by atoms with Crippen molar-refractivity contribution in [1.82, 2.24) is 0 Å². The molecule has 0 aliphatic heterocycles. The number of hydrogen-bond acceptors (Lipinski definition) is 8. The lowest BCUT2D eigenvalue weighted by atomic mass is 10.1. The predicted octanol–water partition coefficient (Wildman–Crippen LogP) is 14.6. The highest BCUT2D eigenvalue weighted by Gasteiger charge is 2.38. The number of nitrogens with zero attached hydrogens (tertiary/aromatic N) is 1. The Kier molecular flexibility index (Phi) is 25.5. The number of nitrogens with one attached hydrogen (secondary N) is 1. The highest BCUT2D eigenvalue weighted by atomic mass is 32.2. The molecular formula is C54H94N2O6S2Si2. The Bertz CT molecular complexity index is 1960. The van der Waals surface area contributed by atoms with Gasteiger partial charge in [0, 0.05) is 30.2 Å². The summed E-state index contributed by atoms with van der Waals surface area (Å²) in [6.45, 7) is 33.3. The van der Waals surface area contributed by atoms with E-state index in [4.69, 9.17) is 8.85 Å². The lowest BCUT2D eigenvalue weighted by Crippen LogP contribution is -2.44. The third-order valence-electron chi connectivity index (χ3n) is 13.8. The van der Waals surface area contributed by atoms with Crippen LogP contribution in [0.5, 0.6) is 0 Å². The second-order valence-corrected chi connectivity index (χ2v) is 36.9. The average Bonchev–Trinajstić information content (AvgIpc) is 3.23. The predicted molar refractivity (Wildman–Crippen MR) is 293 cm³/mol. The summed E-state index contributed by atoms with van der Waals surface area (Å²) in [4.78, 5) is 2.43. The molecule has 0 spiro atoms. The first-order valence-electron chi connectivity index (χ1n) is 25.1. The Hall–Kier alpha value is -2.49. The van der Waals surface area contributed by atoms with Crippen molar-refractivity contribution >= 4 is 53.4 Å². The first-order chi connectivity index (χ1) is 30.7. The smallest absolute Gasteiger partial charge is 0.192 e. The number of hydrogen-bond donors (Lipinski definition) is 1. The maximum absolute atomic E-state index is 11.9. The molecule has 0 bridgehead atoms. The van der Waals surface area contributed by atoms with Crippen LogP contribution < -0.4 is 10.2 Å². The summed E-state index contributed by atoms with van der Waals surface area (Å²) >= 11 is 0. The highest BCUT2D eigenvalue weighted by Crippen LogP contribution is 2.37. The number of sulfone groups is 2. The van der Waals surface area contributed by atoms with Crippen molar-refractivity contribution in [2.75, 3.05) is 48.0 Å². The minimum Gasteiger partial charge on any atom is -0.415 e. The van der Waals surface area contributed by atoms with Crippen molar-refractivity contribution < 1.29 is 25.7 Å². The summed E-state index contributed by atoms with van der Waals surface area (Å²) in [5.74, 6) is 0.658. The van der Waals surface area contributed by atoms with Gasteiger partial charge < -0.3 is 19.1 Å². The van der Waals surface area contributed by atoms with Crippen molar-refractivity contribution in [1.29, 1.82) is 0 Å². The van der Waals surface area contributed by atoms with Gasteiger partial charge in [0.1, 0.15) is 0 Å². The van der Waals surface area contributed by atoms with Crippen LogP contribution in [0.2, 0.25) is 36.3 Å². The van der Waals surface area contributed by atoms with Crippen LogP contribution in [-0.4, -0.2) is 81.8 Å². The maximum Gasteiger partial charge on any atom is 0.192 e. The van der Waals surface area contributed by atoms with Crippen LogP contribution >= 0.6 is 0 Å².